The Hall–Kier alpha value is -1.06. The van der Waals surface area contributed by atoms with Gasteiger partial charge in [-0.15, -0.1) is 0 Å². The van der Waals surface area contributed by atoms with Gasteiger partial charge in [0.2, 0.25) is 0 Å². The first-order valence-corrected chi connectivity index (χ1v) is 3.12. The van der Waals surface area contributed by atoms with E-state index < -0.39 is 11.9 Å². The maximum absolute atomic E-state index is 10.6. The van der Waals surface area contributed by atoms with Crippen molar-refractivity contribution in [1.29, 1.82) is 0 Å². The van der Waals surface area contributed by atoms with Crippen LogP contribution in [0.5, 0.6) is 0 Å². The van der Waals surface area contributed by atoms with E-state index in [-0.39, 0.29) is 12.1 Å². The second-order valence-corrected chi connectivity index (χ2v) is 2.37. The Bertz CT molecular complexity index is 158. The maximum Gasteiger partial charge on any atom is 0.397 e. The van der Waals surface area contributed by atoms with Crippen LogP contribution < -0.4 is 5.32 Å². The van der Waals surface area contributed by atoms with Crippen molar-refractivity contribution in [3.05, 3.63) is 0 Å². The summed E-state index contributed by atoms with van der Waals surface area (Å²) in [5, 5.41) is 2.47. The maximum atomic E-state index is 10.6. The fraction of sp³-hybridized carbons (Fsp3) is 0.667. The van der Waals surface area contributed by atoms with Crippen molar-refractivity contribution >= 4 is 11.9 Å². The zero-order valence-electron chi connectivity index (χ0n) is 5.88. The van der Waals surface area contributed by atoms with E-state index in [4.69, 9.17) is 0 Å². The number of hydrogen-bond donors (Lipinski definition) is 1. The smallest absolute Gasteiger partial charge is 0.397 e. The highest BCUT2D eigenvalue weighted by molar-refractivity contribution is 6.33. The molecule has 1 rings (SSSR count). The third-order valence-electron chi connectivity index (χ3n) is 1.54. The second kappa shape index (κ2) is 2.28. The predicted octanol–water partition coefficient (Wildman–Crippen LogP) is -0.564. The summed E-state index contributed by atoms with van der Waals surface area (Å²) < 4.78 is 4.66. The minimum Gasteiger partial charge on any atom is -0.453 e. The summed E-state index contributed by atoms with van der Waals surface area (Å²) >= 11 is 0. The Kier molecular flexibility index (Phi) is 1.61. The number of carbonyl (C=O) groups is 2. The molecule has 0 aromatic carbocycles. The number of esters is 1. The van der Waals surface area contributed by atoms with Gasteiger partial charge in [0, 0.05) is 0 Å². The van der Waals surface area contributed by atoms with Crippen molar-refractivity contribution < 1.29 is 14.3 Å². The number of morpholine rings is 1. The number of ether oxygens (including phenoxy) is 1. The van der Waals surface area contributed by atoms with Gasteiger partial charge in [-0.1, -0.05) is 0 Å². The van der Waals surface area contributed by atoms with Crippen LogP contribution in [0, 0.1) is 0 Å². The fourth-order valence-corrected chi connectivity index (χ4v) is 0.707. The minimum absolute atomic E-state index is 0.0785. The lowest BCUT2D eigenvalue weighted by Crippen LogP contribution is -2.51. The molecule has 1 aliphatic rings. The van der Waals surface area contributed by atoms with Crippen LogP contribution in [0.3, 0.4) is 0 Å². The number of rotatable bonds is 0. The van der Waals surface area contributed by atoms with Gasteiger partial charge in [-0.3, -0.25) is 4.79 Å². The third-order valence-corrected chi connectivity index (χ3v) is 1.54. The summed E-state index contributed by atoms with van der Waals surface area (Å²) in [5.41, 5.74) is 0. The zero-order chi connectivity index (χ0) is 7.72. The highest BCUT2D eigenvalue weighted by Gasteiger charge is 2.29. The second-order valence-electron chi connectivity index (χ2n) is 2.37. The van der Waals surface area contributed by atoms with Crippen molar-refractivity contribution in [3.8, 4) is 0 Å². The van der Waals surface area contributed by atoms with Crippen molar-refractivity contribution in [3.63, 3.8) is 0 Å². The Labute approximate surface area is 58.5 Å². The van der Waals surface area contributed by atoms with Crippen molar-refractivity contribution in [1.82, 2.24) is 5.32 Å². The number of cyclic esters (lactones) is 1. The Morgan fingerprint density at radius 3 is 2.50 bits per heavy atom. The molecule has 4 nitrogen and oxygen atoms in total. The molecule has 0 saturated carbocycles. The molecule has 1 saturated heterocycles. The molecule has 56 valence electrons. The summed E-state index contributed by atoms with van der Waals surface area (Å²) in [7, 11) is 0. The van der Waals surface area contributed by atoms with Gasteiger partial charge in [0.25, 0.3) is 0 Å². The molecule has 0 unspecified atom stereocenters. The van der Waals surface area contributed by atoms with E-state index in [1.165, 1.54) is 0 Å². The summed E-state index contributed by atoms with van der Waals surface area (Å²) in [6.45, 7) is 3.52. The molecule has 1 amide bonds. The van der Waals surface area contributed by atoms with Crippen molar-refractivity contribution in [2.24, 2.45) is 0 Å². The highest BCUT2D eigenvalue weighted by atomic mass is 16.6. The SMILES string of the molecule is C[C@@H]1OC(=O)C(=O)N[C@@H]1C. The average molecular weight is 143 g/mol. The van der Waals surface area contributed by atoms with Crippen LogP contribution in [-0.4, -0.2) is 24.0 Å². The Morgan fingerprint density at radius 1 is 1.40 bits per heavy atom. The number of carbonyl (C=O) groups excluding carboxylic acids is 2. The monoisotopic (exact) mass is 143 g/mol. The molecule has 0 aromatic rings. The number of amides is 1. The molecule has 1 aliphatic heterocycles. The molecule has 4 heteroatoms. The van der Waals surface area contributed by atoms with Crippen LogP contribution in [0.4, 0.5) is 0 Å². The Morgan fingerprint density at radius 2 is 2.00 bits per heavy atom. The van der Waals surface area contributed by atoms with Gasteiger partial charge in [-0.25, -0.2) is 4.79 Å². The summed E-state index contributed by atoms with van der Waals surface area (Å²) in [4.78, 5) is 21.1. The van der Waals surface area contributed by atoms with Crippen LogP contribution >= 0.6 is 0 Å². The van der Waals surface area contributed by atoms with Crippen LogP contribution in [0.15, 0.2) is 0 Å². The Balaban J connectivity index is 2.63. The van der Waals surface area contributed by atoms with E-state index >= 15 is 0 Å². The first-order valence-electron chi connectivity index (χ1n) is 3.12. The molecular formula is C6H9NO3. The molecule has 2 atom stereocenters. The first-order chi connectivity index (χ1) is 4.61. The van der Waals surface area contributed by atoms with Gasteiger partial charge in [-0.05, 0) is 13.8 Å². The summed E-state index contributed by atoms with van der Waals surface area (Å²) in [6, 6.07) is -0.0785. The van der Waals surface area contributed by atoms with Crippen LogP contribution in [0.1, 0.15) is 13.8 Å². The normalized spacial score (nSPS) is 33.0. The molecule has 1 heterocycles. The number of hydrogen-bond acceptors (Lipinski definition) is 3. The quantitative estimate of drug-likeness (QED) is 0.365. The van der Waals surface area contributed by atoms with Gasteiger partial charge in [-0.2, -0.15) is 0 Å². The number of nitrogens with one attached hydrogen (secondary N) is 1. The van der Waals surface area contributed by atoms with Crippen LogP contribution in [-0.2, 0) is 14.3 Å². The molecule has 0 aromatic heterocycles. The molecule has 0 aliphatic carbocycles. The summed E-state index contributed by atoms with van der Waals surface area (Å²) in [5.74, 6) is -1.43. The van der Waals surface area contributed by atoms with Crippen LogP contribution in [0.2, 0.25) is 0 Å². The third kappa shape index (κ3) is 1.10. The van der Waals surface area contributed by atoms with Gasteiger partial charge < -0.3 is 10.1 Å². The molecule has 0 spiro atoms. The van der Waals surface area contributed by atoms with Gasteiger partial charge >= 0.3 is 11.9 Å². The van der Waals surface area contributed by atoms with E-state index in [0.29, 0.717) is 0 Å². The lowest BCUT2D eigenvalue weighted by atomic mass is 10.2. The average Bonchev–Trinajstić information content (AvgIpc) is 1.84. The first kappa shape index (κ1) is 7.05. The largest absolute Gasteiger partial charge is 0.453 e. The fourth-order valence-electron chi connectivity index (χ4n) is 0.707. The zero-order valence-corrected chi connectivity index (χ0v) is 5.88. The molecule has 1 N–H and O–H groups in total. The van der Waals surface area contributed by atoms with E-state index in [0.717, 1.165) is 0 Å². The molecule has 0 radical (unpaired) electrons. The van der Waals surface area contributed by atoms with E-state index in [1.54, 1.807) is 13.8 Å². The minimum atomic E-state index is -0.786. The highest BCUT2D eigenvalue weighted by Crippen LogP contribution is 2.03. The van der Waals surface area contributed by atoms with Gasteiger partial charge in [0.1, 0.15) is 6.10 Å². The summed E-state index contributed by atoms with van der Waals surface area (Å²) in [6.07, 6.45) is -0.217. The molecule has 0 bridgehead atoms. The van der Waals surface area contributed by atoms with E-state index in [1.807, 2.05) is 0 Å². The standard InChI is InChI=1S/C6H9NO3/c1-3-4(2)10-6(9)5(8)7-3/h3-4H,1-2H3,(H,7,8)/t3-,4+/m1/s1. The predicted molar refractivity (Wildman–Crippen MR) is 33.2 cm³/mol. The molecule has 10 heavy (non-hydrogen) atoms. The topological polar surface area (TPSA) is 55.4 Å². The lowest BCUT2D eigenvalue weighted by molar-refractivity contribution is -0.165. The molecular weight excluding hydrogens is 134 g/mol. The lowest BCUT2D eigenvalue weighted by Gasteiger charge is -2.25. The van der Waals surface area contributed by atoms with Gasteiger partial charge in [0.15, 0.2) is 0 Å². The van der Waals surface area contributed by atoms with Crippen molar-refractivity contribution in [2.45, 2.75) is 26.0 Å². The van der Waals surface area contributed by atoms with E-state index in [2.05, 4.69) is 10.1 Å². The van der Waals surface area contributed by atoms with Crippen LogP contribution in [0.25, 0.3) is 0 Å². The van der Waals surface area contributed by atoms with Gasteiger partial charge in [0.05, 0.1) is 6.04 Å². The van der Waals surface area contributed by atoms with Crippen molar-refractivity contribution in [2.75, 3.05) is 0 Å². The van der Waals surface area contributed by atoms with E-state index in [9.17, 15) is 9.59 Å². The molecule has 1 fully saturated rings.